The van der Waals surface area contributed by atoms with Gasteiger partial charge in [0.1, 0.15) is 0 Å². The molecule has 3 rings (SSSR count). The summed E-state index contributed by atoms with van der Waals surface area (Å²) in [4.78, 5) is 0. The summed E-state index contributed by atoms with van der Waals surface area (Å²) < 4.78 is 2.43. The summed E-state index contributed by atoms with van der Waals surface area (Å²) in [5.74, 6) is 0. The zero-order valence-electron chi connectivity index (χ0n) is 14.6. The maximum Gasteiger partial charge on any atom is 0.0488 e. The minimum Gasteiger partial charge on any atom is -0.340 e. The maximum absolute atomic E-state index is 3.50. The molecule has 1 heterocycles. The number of aromatic nitrogens is 1. The Kier molecular flexibility index (Phi) is 4.53. The van der Waals surface area contributed by atoms with Gasteiger partial charge in [-0.1, -0.05) is 50.2 Å². The molecule has 3 aromatic rings. The van der Waals surface area contributed by atoms with Gasteiger partial charge in [0.25, 0.3) is 0 Å². The number of rotatable bonds is 5. The van der Waals surface area contributed by atoms with Crippen molar-refractivity contribution in [2.45, 2.75) is 46.8 Å². The lowest BCUT2D eigenvalue weighted by Crippen LogP contribution is -2.21. The molecule has 0 atom stereocenters. The standard InChI is InChI=1S/C21H26N2/c1-15(2)22-13-19-10-11-21-20(12-19)16(3)17(4)23(21)14-18-8-6-5-7-9-18/h5-12,15,22H,13-14H2,1-4H3. The quantitative estimate of drug-likeness (QED) is 0.716. The van der Waals surface area contributed by atoms with Crippen molar-refractivity contribution in [1.29, 1.82) is 0 Å². The van der Waals surface area contributed by atoms with E-state index in [1.54, 1.807) is 0 Å². The summed E-state index contributed by atoms with van der Waals surface area (Å²) in [5.41, 5.74) is 6.78. The van der Waals surface area contributed by atoms with Crippen LogP contribution >= 0.6 is 0 Å². The predicted octanol–water partition coefficient (Wildman–Crippen LogP) is 4.80. The molecule has 23 heavy (non-hydrogen) atoms. The number of hydrogen-bond acceptors (Lipinski definition) is 1. The van der Waals surface area contributed by atoms with Crippen LogP contribution in [-0.4, -0.2) is 10.6 Å². The summed E-state index contributed by atoms with van der Waals surface area (Å²) in [5, 5.41) is 4.88. The maximum atomic E-state index is 3.50. The van der Waals surface area contributed by atoms with E-state index < -0.39 is 0 Å². The van der Waals surface area contributed by atoms with Gasteiger partial charge in [0.15, 0.2) is 0 Å². The molecule has 2 nitrogen and oxygen atoms in total. The van der Waals surface area contributed by atoms with Crippen molar-refractivity contribution < 1.29 is 0 Å². The van der Waals surface area contributed by atoms with Gasteiger partial charge in [0, 0.05) is 35.7 Å². The Morgan fingerprint density at radius 3 is 2.39 bits per heavy atom. The zero-order chi connectivity index (χ0) is 16.4. The van der Waals surface area contributed by atoms with Crippen LogP contribution in [0.4, 0.5) is 0 Å². The van der Waals surface area contributed by atoms with Gasteiger partial charge in [-0.15, -0.1) is 0 Å². The minimum absolute atomic E-state index is 0.510. The Labute approximate surface area is 139 Å². The minimum atomic E-state index is 0.510. The first kappa shape index (κ1) is 15.8. The summed E-state index contributed by atoms with van der Waals surface area (Å²) in [6.07, 6.45) is 0. The first-order valence-corrected chi connectivity index (χ1v) is 8.42. The summed E-state index contributed by atoms with van der Waals surface area (Å²) in [6, 6.07) is 18.1. The fourth-order valence-electron chi connectivity index (χ4n) is 3.10. The number of aryl methyl sites for hydroxylation is 1. The molecule has 0 spiro atoms. The van der Waals surface area contributed by atoms with Crippen molar-refractivity contribution in [3.63, 3.8) is 0 Å². The molecule has 1 aromatic heterocycles. The Balaban J connectivity index is 1.98. The molecule has 0 aliphatic carbocycles. The molecular formula is C21H26N2. The molecule has 0 unspecified atom stereocenters. The number of nitrogens with one attached hydrogen (secondary N) is 1. The zero-order valence-corrected chi connectivity index (χ0v) is 14.6. The molecule has 0 aliphatic rings. The van der Waals surface area contributed by atoms with Crippen LogP contribution in [0.25, 0.3) is 10.9 Å². The third kappa shape index (κ3) is 3.32. The van der Waals surface area contributed by atoms with E-state index in [2.05, 4.69) is 86.1 Å². The largest absolute Gasteiger partial charge is 0.340 e. The van der Waals surface area contributed by atoms with Gasteiger partial charge in [-0.2, -0.15) is 0 Å². The van der Waals surface area contributed by atoms with E-state index in [4.69, 9.17) is 0 Å². The number of hydrogen-bond donors (Lipinski definition) is 1. The summed E-state index contributed by atoms with van der Waals surface area (Å²) in [6.45, 7) is 10.7. The second-order valence-corrected chi connectivity index (χ2v) is 6.67. The van der Waals surface area contributed by atoms with Gasteiger partial charge >= 0.3 is 0 Å². The summed E-state index contributed by atoms with van der Waals surface area (Å²) >= 11 is 0. The number of nitrogens with zero attached hydrogens (tertiary/aromatic N) is 1. The van der Waals surface area contributed by atoms with Crippen molar-refractivity contribution >= 4 is 10.9 Å². The van der Waals surface area contributed by atoms with Gasteiger partial charge in [-0.05, 0) is 42.7 Å². The fraction of sp³-hybridized carbons (Fsp3) is 0.333. The SMILES string of the molecule is Cc1c(C)n(Cc2ccccc2)c2ccc(CNC(C)C)cc12. The highest BCUT2D eigenvalue weighted by molar-refractivity contribution is 5.86. The average Bonchev–Trinajstić information content (AvgIpc) is 2.79. The fourth-order valence-corrected chi connectivity index (χ4v) is 3.10. The molecule has 1 N–H and O–H groups in total. The lowest BCUT2D eigenvalue weighted by atomic mass is 10.1. The van der Waals surface area contributed by atoms with Crippen molar-refractivity contribution in [2.24, 2.45) is 0 Å². The Morgan fingerprint density at radius 1 is 0.957 bits per heavy atom. The van der Waals surface area contributed by atoms with Gasteiger partial charge in [0.2, 0.25) is 0 Å². The average molecular weight is 306 g/mol. The smallest absolute Gasteiger partial charge is 0.0488 e. The highest BCUT2D eigenvalue weighted by Crippen LogP contribution is 2.27. The highest BCUT2D eigenvalue weighted by Gasteiger charge is 2.11. The molecule has 0 saturated heterocycles. The second kappa shape index (κ2) is 6.59. The Hall–Kier alpha value is -2.06. The van der Waals surface area contributed by atoms with Gasteiger partial charge < -0.3 is 9.88 Å². The first-order valence-electron chi connectivity index (χ1n) is 8.42. The lowest BCUT2D eigenvalue weighted by Gasteiger charge is -2.10. The van der Waals surface area contributed by atoms with E-state index in [0.29, 0.717) is 6.04 Å². The Morgan fingerprint density at radius 2 is 1.70 bits per heavy atom. The van der Waals surface area contributed by atoms with Crippen molar-refractivity contribution in [1.82, 2.24) is 9.88 Å². The van der Waals surface area contributed by atoms with E-state index in [0.717, 1.165) is 13.1 Å². The molecule has 0 radical (unpaired) electrons. The molecule has 120 valence electrons. The van der Waals surface area contributed by atoms with Crippen LogP contribution in [0, 0.1) is 13.8 Å². The monoisotopic (exact) mass is 306 g/mol. The van der Waals surface area contributed by atoms with Crippen LogP contribution < -0.4 is 5.32 Å². The van der Waals surface area contributed by atoms with E-state index in [9.17, 15) is 0 Å². The van der Waals surface area contributed by atoms with Crippen molar-refractivity contribution in [3.05, 3.63) is 70.9 Å². The topological polar surface area (TPSA) is 17.0 Å². The number of benzene rings is 2. The van der Waals surface area contributed by atoms with Crippen LogP contribution in [0.5, 0.6) is 0 Å². The van der Waals surface area contributed by atoms with Crippen LogP contribution in [0.2, 0.25) is 0 Å². The van der Waals surface area contributed by atoms with Gasteiger partial charge in [0.05, 0.1) is 0 Å². The first-order chi connectivity index (χ1) is 11.1. The van der Waals surface area contributed by atoms with Gasteiger partial charge in [-0.3, -0.25) is 0 Å². The van der Waals surface area contributed by atoms with E-state index in [1.165, 1.54) is 33.3 Å². The van der Waals surface area contributed by atoms with Crippen LogP contribution in [0.3, 0.4) is 0 Å². The normalized spacial score (nSPS) is 11.5. The van der Waals surface area contributed by atoms with E-state index in [1.807, 2.05) is 0 Å². The van der Waals surface area contributed by atoms with E-state index >= 15 is 0 Å². The third-order valence-corrected chi connectivity index (χ3v) is 4.60. The lowest BCUT2D eigenvalue weighted by molar-refractivity contribution is 0.589. The molecule has 0 saturated carbocycles. The summed E-state index contributed by atoms with van der Waals surface area (Å²) in [7, 11) is 0. The van der Waals surface area contributed by atoms with Crippen LogP contribution in [-0.2, 0) is 13.1 Å². The molecule has 0 amide bonds. The van der Waals surface area contributed by atoms with Crippen LogP contribution in [0.15, 0.2) is 48.5 Å². The highest BCUT2D eigenvalue weighted by atomic mass is 15.0. The van der Waals surface area contributed by atoms with Crippen LogP contribution in [0.1, 0.15) is 36.2 Å². The third-order valence-electron chi connectivity index (χ3n) is 4.60. The van der Waals surface area contributed by atoms with E-state index in [-0.39, 0.29) is 0 Å². The Bertz CT molecular complexity index is 798. The molecule has 0 aliphatic heterocycles. The van der Waals surface area contributed by atoms with Crippen molar-refractivity contribution in [2.75, 3.05) is 0 Å². The second-order valence-electron chi connectivity index (χ2n) is 6.67. The molecular weight excluding hydrogens is 280 g/mol. The van der Waals surface area contributed by atoms with Gasteiger partial charge in [-0.25, -0.2) is 0 Å². The molecule has 0 fully saturated rings. The number of fused-ring (bicyclic) bond motifs is 1. The predicted molar refractivity (Wildman–Crippen MR) is 98.9 cm³/mol. The molecule has 0 bridgehead atoms. The molecule has 2 heteroatoms. The molecule has 2 aromatic carbocycles. The van der Waals surface area contributed by atoms with Crippen molar-refractivity contribution in [3.8, 4) is 0 Å².